The summed E-state index contributed by atoms with van der Waals surface area (Å²) in [7, 11) is -3.31. The predicted molar refractivity (Wildman–Crippen MR) is 96.2 cm³/mol. The number of hydrogen-bond acceptors (Lipinski definition) is 5. The molecular formula is C18H27NO5S. The van der Waals surface area contributed by atoms with Crippen LogP contribution in [0.3, 0.4) is 0 Å². The number of carbonyl (C=O) groups excluding carboxylic acids is 2. The van der Waals surface area contributed by atoms with Gasteiger partial charge in [-0.2, -0.15) is 0 Å². The number of benzene rings is 1. The first-order chi connectivity index (χ1) is 11.8. The summed E-state index contributed by atoms with van der Waals surface area (Å²) < 4.78 is 27.7. The Balaban J connectivity index is 2.44. The Labute approximate surface area is 149 Å². The summed E-state index contributed by atoms with van der Waals surface area (Å²) in [5, 5.41) is 2.78. The van der Waals surface area contributed by atoms with Crippen LogP contribution in [0.25, 0.3) is 0 Å². The molecule has 0 bridgehead atoms. The lowest BCUT2D eigenvalue weighted by molar-refractivity contribution is -0.124. The van der Waals surface area contributed by atoms with Crippen LogP contribution in [0.1, 0.15) is 49.9 Å². The first-order valence-corrected chi connectivity index (χ1v) is 10.4. The highest BCUT2D eigenvalue weighted by atomic mass is 32.2. The lowest BCUT2D eigenvalue weighted by atomic mass is 9.99. The zero-order chi connectivity index (χ0) is 18.9. The molecule has 1 aromatic rings. The molecule has 0 aliphatic rings. The van der Waals surface area contributed by atoms with Crippen molar-refractivity contribution >= 4 is 21.7 Å². The highest BCUT2D eigenvalue weighted by Gasteiger charge is 2.13. The number of sulfone groups is 1. The van der Waals surface area contributed by atoms with Gasteiger partial charge in [-0.05, 0) is 36.6 Å². The zero-order valence-corrected chi connectivity index (χ0v) is 15.9. The Morgan fingerprint density at radius 3 is 2.32 bits per heavy atom. The van der Waals surface area contributed by atoms with Crippen molar-refractivity contribution in [2.75, 3.05) is 19.4 Å². The third-order valence-corrected chi connectivity index (χ3v) is 5.11. The summed E-state index contributed by atoms with van der Waals surface area (Å²) in [5.41, 5.74) is 0.203. The quantitative estimate of drug-likeness (QED) is 0.640. The van der Waals surface area contributed by atoms with Crippen LogP contribution >= 0.6 is 0 Å². The van der Waals surface area contributed by atoms with Crippen molar-refractivity contribution < 1.29 is 22.7 Å². The second kappa shape index (κ2) is 10.2. The molecule has 1 amide bonds. The summed E-state index contributed by atoms with van der Waals surface area (Å²) in [5.74, 6) is -0.563. The van der Waals surface area contributed by atoms with Crippen LogP contribution in [0.5, 0.6) is 0 Å². The number of unbranched alkanes of at least 4 members (excludes halogenated alkanes) is 1. The molecule has 0 spiro atoms. The van der Waals surface area contributed by atoms with Crippen molar-refractivity contribution in [3.8, 4) is 0 Å². The molecule has 25 heavy (non-hydrogen) atoms. The van der Waals surface area contributed by atoms with Gasteiger partial charge in [0.25, 0.3) is 5.91 Å². The summed E-state index contributed by atoms with van der Waals surface area (Å²) in [6, 6.07) is 5.42. The zero-order valence-electron chi connectivity index (χ0n) is 15.1. The van der Waals surface area contributed by atoms with Crippen molar-refractivity contribution in [3.05, 3.63) is 29.8 Å². The van der Waals surface area contributed by atoms with Gasteiger partial charge in [0.1, 0.15) is 0 Å². The molecule has 0 heterocycles. The lowest BCUT2D eigenvalue weighted by Crippen LogP contribution is -2.32. The Morgan fingerprint density at radius 1 is 1.16 bits per heavy atom. The Morgan fingerprint density at radius 2 is 1.80 bits per heavy atom. The van der Waals surface area contributed by atoms with E-state index in [0.29, 0.717) is 12.5 Å². The van der Waals surface area contributed by atoms with Crippen molar-refractivity contribution in [2.45, 2.75) is 44.4 Å². The Hall–Kier alpha value is -1.89. The van der Waals surface area contributed by atoms with Crippen molar-refractivity contribution in [1.82, 2.24) is 5.32 Å². The lowest BCUT2D eigenvalue weighted by Gasteiger charge is -2.15. The average molecular weight is 369 g/mol. The topological polar surface area (TPSA) is 89.5 Å². The average Bonchev–Trinajstić information content (AvgIpc) is 2.59. The van der Waals surface area contributed by atoms with Crippen LogP contribution < -0.4 is 5.32 Å². The van der Waals surface area contributed by atoms with Crippen LogP contribution in [0.15, 0.2) is 29.2 Å². The van der Waals surface area contributed by atoms with E-state index in [1.807, 2.05) is 0 Å². The van der Waals surface area contributed by atoms with Gasteiger partial charge in [0, 0.05) is 12.8 Å². The van der Waals surface area contributed by atoms with Crippen LogP contribution in [0, 0.1) is 5.92 Å². The minimum absolute atomic E-state index is 0.125. The van der Waals surface area contributed by atoms with E-state index in [9.17, 15) is 18.0 Å². The van der Waals surface area contributed by atoms with Crippen molar-refractivity contribution in [1.29, 1.82) is 0 Å². The fraction of sp³-hybridized carbons (Fsp3) is 0.556. The van der Waals surface area contributed by atoms with Gasteiger partial charge in [0.2, 0.25) is 0 Å². The number of amides is 1. The highest BCUT2D eigenvalue weighted by molar-refractivity contribution is 7.90. The highest BCUT2D eigenvalue weighted by Crippen LogP contribution is 2.12. The summed E-state index contributed by atoms with van der Waals surface area (Å²) in [4.78, 5) is 23.8. The number of ether oxygens (including phenoxy) is 1. The van der Waals surface area contributed by atoms with E-state index in [1.165, 1.54) is 24.3 Å². The van der Waals surface area contributed by atoms with Gasteiger partial charge in [-0.1, -0.05) is 33.1 Å². The van der Waals surface area contributed by atoms with Gasteiger partial charge in [0.15, 0.2) is 16.4 Å². The Bertz CT molecular complexity index is 667. The standard InChI is InChI=1S/C18H27NO5S/c1-4-6-7-14(5-2)12-19-17(20)13-24-18(21)15-8-10-16(11-9-15)25(3,22)23/h8-11,14H,4-7,12-13H2,1-3H3,(H,19,20)/t14-/m1/s1. The number of rotatable bonds is 10. The van der Waals surface area contributed by atoms with E-state index >= 15 is 0 Å². The van der Waals surface area contributed by atoms with E-state index in [0.717, 1.165) is 31.9 Å². The van der Waals surface area contributed by atoms with Gasteiger partial charge < -0.3 is 10.1 Å². The molecular weight excluding hydrogens is 342 g/mol. The molecule has 0 fully saturated rings. The normalized spacial score (nSPS) is 12.4. The fourth-order valence-electron chi connectivity index (χ4n) is 2.31. The maximum Gasteiger partial charge on any atom is 0.338 e. The molecule has 140 valence electrons. The van der Waals surface area contributed by atoms with E-state index in [2.05, 4.69) is 19.2 Å². The molecule has 6 nitrogen and oxygen atoms in total. The second-order valence-corrected chi connectivity index (χ2v) is 8.11. The third-order valence-electron chi connectivity index (χ3n) is 3.98. The first-order valence-electron chi connectivity index (χ1n) is 8.51. The molecule has 0 aromatic heterocycles. The molecule has 1 aromatic carbocycles. The van der Waals surface area contributed by atoms with Gasteiger partial charge in [-0.25, -0.2) is 13.2 Å². The molecule has 0 saturated heterocycles. The summed E-state index contributed by atoms with van der Waals surface area (Å²) >= 11 is 0. The maximum atomic E-state index is 11.9. The smallest absolute Gasteiger partial charge is 0.338 e. The minimum Gasteiger partial charge on any atom is -0.452 e. The van der Waals surface area contributed by atoms with Gasteiger partial charge >= 0.3 is 5.97 Å². The number of hydrogen-bond donors (Lipinski definition) is 1. The largest absolute Gasteiger partial charge is 0.452 e. The van der Waals surface area contributed by atoms with Crippen LogP contribution in [-0.4, -0.2) is 39.7 Å². The van der Waals surface area contributed by atoms with Crippen molar-refractivity contribution in [3.63, 3.8) is 0 Å². The SMILES string of the molecule is CCCC[C@@H](CC)CNC(=O)COC(=O)c1ccc(S(C)(=O)=O)cc1. The summed E-state index contributed by atoms with van der Waals surface area (Å²) in [6.45, 7) is 4.45. The molecule has 1 rings (SSSR count). The Kier molecular flexibility index (Phi) is 8.61. The van der Waals surface area contributed by atoms with Gasteiger partial charge in [0.05, 0.1) is 10.5 Å². The van der Waals surface area contributed by atoms with Gasteiger partial charge in [-0.15, -0.1) is 0 Å². The van der Waals surface area contributed by atoms with E-state index < -0.39 is 15.8 Å². The number of nitrogens with one attached hydrogen (secondary N) is 1. The third kappa shape index (κ3) is 7.69. The predicted octanol–water partition coefficient (Wildman–Crippen LogP) is 2.58. The fourth-order valence-corrected chi connectivity index (χ4v) is 2.94. The summed E-state index contributed by atoms with van der Waals surface area (Å²) in [6.07, 6.45) is 5.41. The monoisotopic (exact) mass is 369 g/mol. The molecule has 0 aliphatic heterocycles. The number of esters is 1. The van der Waals surface area contributed by atoms with E-state index in [-0.39, 0.29) is 23.0 Å². The molecule has 0 aliphatic carbocycles. The van der Waals surface area contributed by atoms with Gasteiger partial charge in [-0.3, -0.25) is 4.79 Å². The molecule has 7 heteroatoms. The molecule has 0 saturated carbocycles. The first kappa shape index (κ1) is 21.2. The van der Waals surface area contributed by atoms with Crippen LogP contribution in [0.4, 0.5) is 0 Å². The van der Waals surface area contributed by atoms with Crippen molar-refractivity contribution in [2.24, 2.45) is 5.92 Å². The minimum atomic E-state index is -3.31. The maximum absolute atomic E-state index is 11.9. The molecule has 1 atom stereocenters. The molecule has 0 unspecified atom stereocenters. The number of carbonyl (C=O) groups is 2. The molecule has 0 radical (unpaired) electrons. The van der Waals surface area contributed by atoms with Crippen LogP contribution in [-0.2, 0) is 19.4 Å². The van der Waals surface area contributed by atoms with Crippen LogP contribution in [0.2, 0.25) is 0 Å². The molecule has 1 N–H and O–H groups in total. The second-order valence-electron chi connectivity index (χ2n) is 6.09. The van der Waals surface area contributed by atoms with E-state index in [1.54, 1.807) is 0 Å². The van der Waals surface area contributed by atoms with E-state index in [4.69, 9.17) is 4.74 Å².